The van der Waals surface area contributed by atoms with Crippen LogP contribution in [0.25, 0.3) is 10.6 Å². The van der Waals surface area contributed by atoms with Gasteiger partial charge in [-0.1, -0.05) is 17.7 Å². The second-order valence-corrected chi connectivity index (χ2v) is 5.46. The zero-order valence-corrected chi connectivity index (χ0v) is 11.7. The van der Waals surface area contributed by atoms with Gasteiger partial charge >= 0.3 is 0 Å². The Morgan fingerprint density at radius 1 is 1.28 bits per heavy atom. The van der Waals surface area contributed by atoms with Gasteiger partial charge in [0.05, 0.1) is 5.69 Å². The fourth-order valence-electron chi connectivity index (χ4n) is 2.19. The van der Waals surface area contributed by atoms with E-state index in [1.807, 2.05) is 5.38 Å². The normalized spacial score (nSPS) is 12.7. The van der Waals surface area contributed by atoms with Gasteiger partial charge in [0, 0.05) is 17.5 Å². The Morgan fingerprint density at radius 2 is 1.89 bits per heavy atom. The van der Waals surface area contributed by atoms with Crippen LogP contribution in [0, 0.1) is 20.8 Å². The molecule has 1 atom stereocenters. The van der Waals surface area contributed by atoms with E-state index in [1.54, 1.807) is 11.3 Å². The molecule has 1 heterocycles. The second kappa shape index (κ2) is 5.18. The maximum absolute atomic E-state index is 9.69. The summed E-state index contributed by atoms with van der Waals surface area (Å²) in [6.45, 7) is 6.48. The molecule has 1 unspecified atom stereocenters. The minimum absolute atomic E-state index is 0.203. The third kappa shape index (κ3) is 2.46. The first-order valence-electron chi connectivity index (χ1n) is 5.94. The first kappa shape index (κ1) is 13.2. The summed E-state index contributed by atoms with van der Waals surface area (Å²) in [5.41, 5.74) is 11.0. The van der Waals surface area contributed by atoms with Gasteiger partial charge in [-0.25, -0.2) is 4.98 Å². The average Bonchev–Trinajstić information content (AvgIpc) is 2.76. The third-order valence-electron chi connectivity index (χ3n) is 2.98. The molecule has 2 aromatic rings. The molecule has 2 rings (SSSR count). The topological polar surface area (TPSA) is 59.1 Å². The minimum atomic E-state index is -0.666. The van der Waals surface area contributed by atoms with Gasteiger partial charge in [-0.3, -0.25) is 0 Å². The van der Waals surface area contributed by atoms with Gasteiger partial charge in [0.25, 0.3) is 0 Å². The van der Waals surface area contributed by atoms with Crippen LogP contribution in [-0.4, -0.2) is 16.6 Å². The molecule has 0 aliphatic rings. The van der Waals surface area contributed by atoms with Gasteiger partial charge in [0.2, 0.25) is 0 Å². The highest BCUT2D eigenvalue weighted by atomic mass is 32.1. The summed E-state index contributed by atoms with van der Waals surface area (Å²) in [5.74, 6) is 0. The summed E-state index contributed by atoms with van der Waals surface area (Å²) in [6, 6.07) is 4.31. The van der Waals surface area contributed by atoms with Crippen LogP contribution in [-0.2, 0) is 0 Å². The predicted octanol–water partition coefficient (Wildman–Crippen LogP) is 2.73. The second-order valence-electron chi connectivity index (χ2n) is 4.60. The van der Waals surface area contributed by atoms with Crippen molar-refractivity contribution in [1.82, 2.24) is 4.98 Å². The number of aliphatic hydroxyl groups excluding tert-OH is 1. The predicted molar refractivity (Wildman–Crippen MR) is 75.8 cm³/mol. The van der Waals surface area contributed by atoms with Crippen molar-refractivity contribution in [3.63, 3.8) is 0 Å². The minimum Gasteiger partial charge on any atom is -0.385 e. The Hall–Kier alpha value is -1.23. The number of hydrogen-bond donors (Lipinski definition) is 2. The fraction of sp³-hybridized carbons (Fsp3) is 0.357. The van der Waals surface area contributed by atoms with E-state index in [-0.39, 0.29) is 6.54 Å². The third-order valence-corrected chi connectivity index (χ3v) is 3.86. The van der Waals surface area contributed by atoms with Crippen molar-refractivity contribution in [2.24, 2.45) is 5.73 Å². The molecule has 1 aromatic carbocycles. The van der Waals surface area contributed by atoms with Crippen molar-refractivity contribution in [3.05, 3.63) is 39.9 Å². The van der Waals surface area contributed by atoms with Crippen LogP contribution in [0.5, 0.6) is 0 Å². The molecule has 0 aliphatic heterocycles. The van der Waals surface area contributed by atoms with Crippen molar-refractivity contribution in [2.75, 3.05) is 6.54 Å². The number of aryl methyl sites for hydroxylation is 3. The van der Waals surface area contributed by atoms with Crippen LogP contribution in [0.1, 0.15) is 28.5 Å². The molecule has 0 aliphatic carbocycles. The number of rotatable bonds is 3. The number of hydrogen-bond acceptors (Lipinski definition) is 4. The van der Waals surface area contributed by atoms with E-state index in [1.165, 1.54) is 22.3 Å². The van der Waals surface area contributed by atoms with E-state index in [9.17, 15) is 5.11 Å². The summed E-state index contributed by atoms with van der Waals surface area (Å²) in [4.78, 5) is 4.49. The van der Waals surface area contributed by atoms with E-state index in [2.05, 4.69) is 37.9 Å². The van der Waals surface area contributed by atoms with E-state index in [0.717, 1.165) is 5.01 Å². The highest BCUT2D eigenvalue weighted by Crippen LogP contribution is 2.32. The SMILES string of the molecule is Cc1cc(C)c(-c2nc(C(O)CN)cs2)c(C)c1. The summed E-state index contributed by atoms with van der Waals surface area (Å²) in [5, 5.41) is 12.5. The van der Waals surface area contributed by atoms with E-state index >= 15 is 0 Å². The number of aliphatic hydroxyl groups is 1. The van der Waals surface area contributed by atoms with Crippen LogP contribution in [0.4, 0.5) is 0 Å². The monoisotopic (exact) mass is 262 g/mol. The molecule has 0 saturated carbocycles. The lowest BCUT2D eigenvalue weighted by Gasteiger charge is -2.08. The Morgan fingerprint density at radius 3 is 2.44 bits per heavy atom. The van der Waals surface area contributed by atoms with Gasteiger partial charge in [-0.15, -0.1) is 11.3 Å². The summed E-state index contributed by atoms with van der Waals surface area (Å²) in [6.07, 6.45) is -0.666. The first-order chi connectivity index (χ1) is 8.52. The fourth-order valence-corrected chi connectivity index (χ4v) is 3.23. The molecule has 1 aromatic heterocycles. The lowest BCUT2D eigenvalue weighted by Crippen LogP contribution is -2.11. The number of benzene rings is 1. The van der Waals surface area contributed by atoms with Crippen molar-refractivity contribution in [3.8, 4) is 10.6 Å². The number of thiazole rings is 1. The van der Waals surface area contributed by atoms with Crippen LogP contribution in [0.2, 0.25) is 0 Å². The zero-order chi connectivity index (χ0) is 13.3. The molecule has 18 heavy (non-hydrogen) atoms. The molecule has 0 fully saturated rings. The maximum Gasteiger partial charge on any atom is 0.124 e. The molecular formula is C14H18N2OS. The summed E-state index contributed by atoms with van der Waals surface area (Å²) >= 11 is 1.55. The number of nitrogens with two attached hydrogens (primary N) is 1. The molecule has 0 radical (unpaired) electrons. The molecule has 3 N–H and O–H groups in total. The Balaban J connectivity index is 2.46. The molecule has 0 amide bonds. The number of aromatic nitrogens is 1. The first-order valence-corrected chi connectivity index (χ1v) is 6.82. The molecule has 4 heteroatoms. The largest absolute Gasteiger partial charge is 0.385 e. The van der Waals surface area contributed by atoms with Crippen molar-refractivity contribution < 1.29 is 5.11 Å². The van der Waals surface area contributed by atoms with E-state index < -0.39 is 6.10 Å². The summed E-state index contributed by atoms with van der Waals surface area (Å²) in [7, 11) is 0. The lowest BCUT2D eigenvalue weighted by atomic mass is 10.0. The molecule has 0 spiro atoms. The van der Waals surface area contributed by atoms with Gasteiger partial charge in [0.1, 0.15) is 11.1 Å². The average molecular weight is 262 g/mol. The summed E-state index contributed by atoms with van der Waals surface area (Å²) < 4.78 is 0. The Kier molecular flexibility index (Phi) is 3.80. The molecule has 96 valence electrons. The van der Waals surface area contributed by atoms with Gasteiger partial charge < -0.3 is 10.8 Å². The quantitative estimate of drug-likeness (QED) is 0.894. The van der Waals surface area contributed by atoms with E-state index in [4.69, 9.17) is 5.73 Å². The standard InChI is InChI=1S/C14H18N2OS/c1-8-4-9(2)13(10(3)5-8)14-16-11(7-18-14)12(17)6-15/h4-5,7,12,17H,6,15H2,1-3H3. The van der Waals surface area contributed by atoms with E-state index in [0.29, 0.717) is 5.69 Å². The molecule has 0 saturated heterocycles. The molecule has 3 nitrogen and oxygen atoms in total. The van der Waals surface area contributed by atoms with Crippen LogP contribution in [0.15, 0.2) is 17.5 Å². The number of nitrogens with zero attached hydrogens (tertiary/aromatic N) is 1. The lowest BCUT2D eigenvalue weighted by molar-refractivity contribution is 0.182. The van der Waals surface area contributed by atoms with Gasteiger partial charge in [-0.2, -0.15) is 0 Å². The highest BCUT2D eigenvalue weighted by Gasteiger charge is 2.14. The Labute approximate surface area is 111 Å². The molecule has 0 bridgehead atoms. The van der Waals surface area contributed by atoms with Gasteiger partial charge in [0.15, 0.2) is 0 Å². The van der Waals surface area contributed by atoms with Crippen molar-refractivity contribution in [2.45, 2.75) is 26.9 Å². The van der Waals surface area contributed by atoms with Crippen LogP contribution in [0.3, 0.4) is 0 Å². The van der Waals surface area contributed by atoms with Crippen LogP contribution >= 0.6 is 11.3 Å². The van der Waals surface area contributed by atoms with Crippen LogP contribution < -0.4 is 5.73 Å². The highest BCUT2D eigenvalue weighted by molar-refractivity contribution is 7.13. The zero-order valence-electron chi connectivity index (χ0n) is 10.9. The smallest absolute Gasteiger partial charge is 0.124 e. The van der Waals surface area contributed by atoms with Crippen molar-refractivity contribution in [1.29, 1.82) is 0 Å². The Bertz CT molecular complexity index is 540. The van der Waals surface area contributed by atoms with Crippen molar-refractivity contribution >= 4 is 11.3 Å². The molecular weight excluding hydrogens is 244 g/mol. The van der Waals surface area contributed by atoms with Gasteiger partial charge in [-0.05, 0) is 31.9 Å². The maximum atomic E-state index is 9.69.